The van der Waals surface area contributed by atoms with Crippen LogP contribution in [0.1, 0.15) is 12.5 Å². The van der Waals surface area contributed by atoms with Crippen LogP contribution in [-0.2, 0) is 16.1 Å². The smallest absolute Gasteiger partial charge is 0.322 e. The lowest BCUT2D eigenvalue weighted by molar-refractivity contribution is -0.145. The van der Waals surface area contributed by atoms with Crippen LogP contribution in [0.3, 0.4) is 0 Å². The predicted molar refractivity (Wildman–Crippen MR) is 57.2 cm³/mol. The molecule has 1 unspecified atom stereocenters. The number of likely N-dealkylation sites (N-methyl/N-ethyl adjacent to an activating group) is 1. The number of carbonyl (C=O) groups excluding carboxylic acids is 1. The van der Waals surface area contributed by atoms with E-state index in [1.54, 1.807) is 12.4 Å². The van der Waals surface area contributed by atoms with Gasteiger partial charge in [-0.25, -0.2) is 0 Å². The minimum absolute atomic E-state index is 0.216. The highest BCUT2D eigenvalue weighted by atomic mass is 16.5. The molecule has 82 valence electrons. The number of methoxy groups -OCH3 is 1. The summed E-state index contributed by atoms with van der Waals surface area (Å²) >= 11 is 0. The van der Waals surface area contributed by atoms with Gasteiger partial charge in [0.1, 0.15) is 6.04 Å². The molecule has 4 nitrogen and oxygen atoms in total. The topological polar surface area (TPSA) is 42.4 Å². The molecule has 0 saturated heterocycles. The second-order valence-corrected chi connectivity index (χ2v) is 3.47. The molecule has 0 aliphatic rings. The summed E-state index contributed by atoms with van der Waals surface area (Å²) in [6.45, 7) is 2.53. The molecule has 0 aromatic carbocycles. The summed E-state index contributed by atoms with van der Waals surface area (Å²) in [6.07, 6.45) is 3.48. The molecule has 4 heteroatoms. The average molecular weight is 208 g/mol. The SMILES string of the molecule is COC(=O)C(C)N(C)Cc1ccncc1. The molecule has 1 aromatic rings. The summed E-state index contributed by atoms with van der Waals surface area (Å²) in [7, 11) is 3.29. The van der Waals surface area contributed by atoms with E-state index in [9.17, 15) is 4.79 Å². The van der Waals surface area contributed by atoms with E-state index in [0.717, 1.165) is 5.56 Å². The standard InChI is InChI=1S/C11H16N2O2/c1-9(11(14)15-3)13(2)8-10-4-6-12-7-5-10/h4-7,9H,8H2,1-3H3. The maximum absolute atomic E-state index is 11.3. The largest absolute Gasteiger partial charge is 0.468 e. The number of aromatic nitrogens is 1. The van der Waals surface area contributed by atoms with Crippen LogP contribution in [0.25, 0.3) is 0 Å². The van der Waals surface area contributed by atoms with Crippen LogP contribution in [0.5, 0.6) is 0 Å². The first-order chi connectivity index (χ1) is 7.15. The Bertz CT molecular complexity index is 314. The molecular formula is C11H16N2O2. The van der Waals surface area contributed by atoms with Gasteiger partial charge in [0.25, 0.3) is 0 Å². The molecule has 0 spiro atoms. The number of ether oxygens (including phenoxy) is 1. The van der Waals surface area contributed by atoms with E-state index in [1.807, 2.05) is 31.0 Å². The predicted octanol–water partition coefficient (Wildman–Crippen LogP) is 1.07. The van der Waals surface area contributed by atoms with E-state index < -0.39 is 0 Å². The van der Waals surface area contributed by atoms with Crippen LogP contribution in [0.4, 0.5) is 0 Å². The Balaban J connectivity index is 2.56. The van der Waals surface area contributed by atoms with Crippen molar-refractivity contribution in [3.8, 4) is 0 Å². The lowest BCUT2D eigenvalue weighted by Gasteiger charge is -2.22. The second-order valence-electron chi connectivity index (χ2n) is 3.47. The van der Waals surface area contributed by atoms with E-state index in [4.69, 9.17) is 0 Å². The van der Waals surface area contributed by atoms with Crippen molar-refractivity contribution >= 4 is 5.97 Å². The van der Waals surface area contributed by atoms with Gasteiger partial charge in [-0.2, -0.15) is 0 Å². The van der Waals surface area contributed by atoms with Gasteiger partial charge in [0.2, 0.25) is 0 Å². The highest BCUT2D eigenvalue weighted by Crippen LogP contribution is 2.05. The van der Waals surface area contributed by atoms with Crippen molar-refractivity contribution < 1.29 is 9.53 Å². The van der Waals surface area contributed by atoms with Crippen LogP contribution in [0.15, 0.2) is 24.5 Å². The Kier molecular flexibility index (Phi) is 4.24. The molecule has 15 heavy (non-hydrogen) atoms. The lowest BCUT2D eigenvalue weighted by Crippen LogP contribution is -2.36. The van der Waals surface area contributed by atoms with Crippen molar-refractivity contribution in [2.24, 2.45) is 0 Å². The van der Waals surface area contributed by atoms with Gasteiger partial charge in [0.05, 0.1) is 7.11 Å². The van der Waals surface area contributed by atoms with E-state index in [-0.39, 0.29) is 12.0 Å². The second kappa shape index (κ2) is 5.46. The Morgan fingerprint density at radius 1 is 1.53 bits per heavy atom. The van der Waals surface area contributed by atoms with Gasteiger partial charge in [-0.15, -0.1) is 0 Å². The van der Waals surface area contributed by atoms with Gasteiger partial charge in [0, 0.05) is 18.9 Å². The molecule has 1 aromatic heterocycles. The minimum Gasteiger partial charge on any atom is -0.468 e. The summed E-state index contributed by atoms with van der Waals surface area (Å²) in [5.74, 6) is -0.216. The Labute approximate surface area is 89.9 Å². The van der Waals surface area contributed by atoms with Crippen molar-refractivity contribution in [1.29, 1.82) is 0 Å². The van der Waals surface area contributed by atoms with Crippen molar-refractivity contribution in [3.63, 3.8) is 0 Å². The van der Waals surface area contributed by atoms with Gasteiger partial charge in [-0.1, -0.05) is 0 Å². The van der Waals surface area contributed by atoms with Crippen LogP contribution in [0.2, 0.25) is 0 Å². The number of hydrogen-bond acceptors (Lipinski definition) is 4. The maximum atomic E-state index is 11.3. The zero-order chi connectivity index (χ0) is 11.3. The summed E-state index contributed by atoms with van der Waals surface area (Å²) in [4.78, 5) is 17.1. The van der Waals surface area contributed by atoms with E-state index in [0.29, 0.717) is 6.54 Å². The molecule has 0 aliphatic carbocycles. The molecular weight excluding hydrogens is 192 g/mol. The number of carbonyl (C=O) groups is 1. The third kappa shape index (κ3) is 3.32. The van der Waals surface area contributed by atoms with Gasteiger partial charge >= 0.3 is 5.97 Å². The van der Waals surface area contributed by atoms with Gasteiger partial charge in [-0.05, 0) is 31.7 Å². The fourth-order valence-corrected chi connectivity index (χ4v) is 1.26. The Morgan fingerprint density at radius 2 is 2.13 bits per heavy atom. The quantitative estimate of drug-likeness (QED) is 0.694. The van der Waals surface area contributed by atoms with Crippen molar-refractivity contribution in [1.82, 2.24) is 9.88 Å². The normalized spacial score (nSPS) is 12.5. The highest BCUT2D eigenvalue weighted by molar-refractivity contribution is 5.75. The molecule has 1 rings (SSSR count). The molecule has 1 atom stereocenters. The van der Waals surface area contributed by atoms with Crippen molar-refractivity contribution in [2.45, 2.75) is 19.5 Å². The third-order valence-corrected chi connectivity index (χ3v) is 2.38. The fourth-order valence-electron chi connectivity index (χ4n) is 1.26. The van der Waals surface area contributed by atoms with Crippen LogP contribution >= 0.6 is 0 Å². The molecule has 0 bridgehead atoms. The molecule has 0 saturated carbocycles. The van der Waals surface area contributed by atoms with Crippen LogP contribution < -0.4 is 0 Å². The molecule has 0 aliphatic heterocycles. The van der Waals surface area contributed by atoms with E-state index in [1.165, 1.54) is 7.11 Å². The Hall–Kier alpha value is -1.42. The third-order valence-electron chi connectivity index (χ3n) is 2.38. The van der Waals surface area contributed by atoms with Crippen molar-refractivity contribution in [2.75, 3.05) is 14.2 Å². The number of hydrogen-bond donors (Lipinski definition) is 0. The van der Waals surface area contributed by atoms with Crippen molar-refractivity contribution in [3.05, 3.63) is 30.1 Å². The molecule has 0 amide bonds. The number of rotatable bonds is 4. The first-order valence-electron chi connectivity index (χ1n) is 4.82. The van der Waals surface area contributed by atoms with Crippen LogP contribution in [-0.4, -0.2) is 36.1 Å². The van der Waals surface area contributed by atoms with Gasteiger partial charge in [-0.3, -0.25) is 14.7 Å². The maximum Gasteiger partial charge on any atom is 0.322 e. The summed E-state index contributed by atoms with van der Waals surface area (Å²) in [5.41, 5.74) is 1.13. The van der Waals surface area contributed by atoms with E-state index in [2.05, 4.69) is 9.72 Å². The lowest BCUT2D eigenvalue weighted by atomic mass is 10.2. The number of pyridine rings is 1. The first kappa shape index (κ1) is 11.7. The first-order valence-corrected chi connectivity index (χ1v) is 4.82. The summed E-state index contributed by atoms with van der Waals surface area (Å²) < 4.78 is 4.68. The monoisotopic (exact) mass is 208 g/mol. The Morgan fingerprint density at radius 3 is 2.67 bits per heavy atom. The molecule has 1 heterocycles. The summed E-state index contributed by atoms with van der Waals surface area (Å²) in [6, 6.07) is 3.63. The van der Waals surface area contributed by atoms with Crippen LogP contribution in [0, 0.1) is 0 Å². The number of esters is 1. The van der Waals surface area contributed by atoms with Gasteiger partial charge < -0.3 is 4.74 Å². The zero-order valence-electron chi connectivity index (χ0n) is 9.30. The zero-order valence-corrected chi connectivity index (χ0v) is 9.30. The molecule has 0 N–H and O–H groups in total. The number of nitrogens with zero attached hydrogens (tertiary/aromatic N) is 2. The van der Waals surface area contributed by atoms with E-state index >= 15 is 0 Å². The highest BCUT2D eigenvalue weighted by Gasteiger charge is 2.18. The summed E-state index contributed by atoms with van der Waals surface area (Å²) in [5, 5.41) is 0. The fraction of sp³-hybridized carbons (Fsp3) is 0.455. The minimum atomic E-state index is -0.233. The van der Waals surface area contributed by atoms with Gasteiger partial charge in [0.15, 0.2) is 0 Å². The molecule has 0 radical (unpaired) electrons. The molecule has 0 fully saturated rings. The average Bonchev–Trinajstić information content (AvgIpc) is 2.28.